The summed E-state index contributed by atoms with van der Waals surface area (Å²) in [7, 11) is 3.18. The number of hydrogen-bond donors (Lipinski definition) is 2. The molecule has 21 heavy (non-hydrogen) atoms. The Kier molecular flexibility index (Phi) is 5.07. The first-order valence-corrected chi connectivity index (χ1v) is 7.39. The smallest absolute Gasteiger partial charge is 0.231 e. The molecule has 0 aliphatic carbocycles. The minimum absolute atomic E-state index is 0.0735. The van der Waals surface area contributed by atoms with Crippen molar-refractivity contribution in [2.45, 2.75) is 26.2 Å². The maximum atomic E-state index is 12.7. The van der Waals surface area contributed by atoms with Crippen molar-refractivity contribution in [3.63, 3.8) is 0 Å². The van der Waals surface area contributed by atoms with Crippen LogP contribution in [0.15, 0.2) is 18.2 Å². The zero-order valence-electron chi connectivity index (χ0n) is 13.0. The van der Waals surface area contributed by atoms with Gasteiger partial charge in [0.15, 0.2) is 11.5 Å². The van der Waals surface area contributed by atoms with E-state index in [1.807, 2.05) is 6.07 Å². The standard InChI is InChI=1S/C16H24N2O3/c1-4-16(8-5-9-17-11-16)15(19)18-12-6-7-13(20-2)14(10-12)21-3/h6-7,10,17H,4-5,8-9,11H2,1-3H3,(H,18,19). The van der Waals surface area contributed by atoms with Gasteiger partial charge in [0.05, 0.1) is 19.6 Å². The SMILES string of the molecule is CCC1(C(=O)Nc2ccc(OC)c(OC)c2)CCCNC1. The van der Waals surface area contributed by atoms with Gasteiger partial charge in [0.25, 0.3) is 0 Å². The summed E-state index contributed by atoms with van der Waals surface area (Å²) in [4.78, 5) is 12.7. The maximum absolute atomic E-state index is 12.7. The molecule has 0 radical (unpaired) electrons. The van der Waals surface area contributed by atoms with E-state index < -0.39 is 0 Å². The van der Waals surface area contributed by atoms with Crippen LogP contribution in [0.4, 0.5) is 5.69 Å². The monoisotopic (exact) mass is 292 g/mol. The average Bonchev–Trinajstić information content (AvgIpc) is 2.55. The Bertz CT molecular complexity index is 496. The number of ether oxygens (including phenoxy) is 2. The predicted octanol–water partition coefficient (Wildman–Crippen LogP) is 2.42. The summed E-state index contributed by atoms with van der Waals surface area (Å²) in [6.07, 6.45) is 2.79. The summed E-state index contributed by atoms with van der Waals surface area (Å²) in [6.45, 7) is 3.80. The molecule has 0 aromatic heterocycles. The van der Waals surface area contributed by atoms with Crippen LogP contribution in [0.3, 0.4) is 0 Å². The van der Waals surface area contributed by atoms with E-state index in [-0.39, 0.29) is 11.3 Å². The highest BCUT2D eigenvalue weighted by Gasteiger charge is 2.37. The lowest BCUT2D eigenvalue weighted by Crippen LogP contribution is -2.47. The van der Waals surface area contributed by atoms with E-state index >= 15 is 0 Å². The van der Waals surface area contributed by atoms with Crippen molar-refractivity contribution in [1.82, 2.24) is 5.32 Å². The number of rotatable bonds is 5. The van der Waals surface area contributed by atoms with Crippen LogP contribution in [-0.2, 0) is 4.79 Å². The number of piperidine rings is 1. The second kappa shape index (κ2) is 6.80. The number of methoxy groups -OCH3 is 2. The van der Waals surface area contributed by atoms with Gasteiger partial charge < -0.3 is 20.1 Å². The maximum Gasteiger partial charge on any atom is 0.231 e. The Morgan fingerprint density at radius 2 is 2.10 bits per heavy atom. The Labute approximate surface area is 126 Å². The van der Waals surface area contributed by atoms with E-state index in [1.165, 1.54) is 0 Å². The molecule has 2 N–H and O–H groups in total. The lowest BCUT2D eigenvalue weighted by Gasteiger charge is -2.35. The third kappa shape index (κ3) is 3.29. The van der Waals surface area contributed by atoms with Crippen molar-refractivity contribution in [1.29, 1.82) is 0 Å². The topological polar surface area (TPSA) is 59.6 Å². The molecular formula is C16H24N2O3. The third-order valence-corrected chi connectivity index (χ3v) is 4.27. The minimum Gasteiger partial charge on any atom is -0.493 e. The summed E-state index contributed by atoms with van der Waals surface area (Å²) >= 11 is 0. The molecule has 0 saturated carbocycles. The zero-order valence-corrected chi connectivity index (χ0v) is 13.0. The Morgan fingerprint density at radius 1 is 1.33 bits per heavy atom. The fourth-order valence-electron chi connectivity index (χ4n) is 2.80. The first-order valence-electron chi connectivity index (χ1n) is 7.39. The van der Waals surface area contributed by atoms with Crippen LogP contribution in [0.1, 0.15) is 26.2 Å². The van der Waals surface area contributed by atoms with Gasteiger partial charge in [0.1, 0.15) is 0 Å². The molecule has 0 spiro atoms. The number of nitrogens with one attached hydrogen (secondary N) is 2. The highest BCUT2D eigenvalue weighted by Crippen LogP contribution is 2.34. The van der Waals surface area contributed by atoms with Gasteiger partial charge in [-0.1, -0.05) is 6.92 Å². The average molecular weight is 292 g/mol. The summed E-state index contributed by atoms with van der Waals surface area (Å²) in [5.41, 5.74) is 0.418. The van der Waals surface area contributed by atoms with Crippen LogP contribution in [0.25, 0.3) is 0 Å². The van der Waals surface area contributed by atoms with Crippen LogP contribution in [-0.4, -0.2) is 33.2 Å². The van der Waals surface area contributed by atoms with E-state index in [4.69, 9.17) is 9.47 Å². The largest absolute Gasteiger partial charge is 0.493 e. The van der Waals surface area contributed by atoms with Gasteiger partial charge >= 0.3 is 0 Å². The number of hydrogen-bond acceptors (Lipinski definition) is 4. The van der Waals surface area contributed by atoms with Gasteiger partial charge in [-0.2, -0.15) is 0 Å². The van der Waals surface area contributed by atoms with Crippen LogP contribution in [0.2, 0.25) is 0 Å². The second-order valence-electron chi connectivity index (χ2n) is 5.44. The van der Waals surface area contributed by atoms with Crippen LogP contribution in [0, 0.1) is 5.41 Å². The second-order valence-corrected chi connectivity index (χ2v) is 5.44. The molecule has 5 nitrogen and oxygen atoms in total. The molecule has 116 valence electrons. The van der Waals surface area contributed by atoms with Gasteiger partial charge in [0, 0.05) is 18.3 Å². The molecule has 2 rings (SSSR count). The van der Waals surface area contributed by atoms with Crippen molar-refractivity contribution in [3.05, 3.63) is 18.2 Å². The molecule has 1 fully saturated rings. The van der Waals surface area contributed by atoms with E-state index in [0.717, 1.165) is 38.0 Å². The summed E-state index contributed by atoms with van der Waals surface area (Å²) in [6, 6.07) is 5.42. The van der Waals surface area contributed by atoms with E-state index in [0.29, 0.717) is 11.5 Å². The fraction of sp³-hybridized carbons (Fsp3) is 0.562. The predicted molar refractivity (Wildman–Crippen MR) is 83.0 cm³/mol. The lowest BCUT2D eigenvalue weighted by atomic mass is 9.77. The number of benzene rings is 1. The van der Waals surface area contributed by atoms with Crippen molar-refractivity contribution < 1.29 is 14.3 Å². The van der Waals surface area contributed by atoms with Crippen molar-refractivity contribution in [2.75, 3.05) is 32.6 Å². The van der Waals surface area contributed by atoms with Crippen LogP contribution in [0.5, 0.6) is 11.5 Å². The van der Waals surface area contributed by atoms with Crippen molar-refractivity contribution in [2.24, 2.45) is 5.41 Å². The molecule has 1 atom stereocenters. The molecule has 1 aromatic rings. The summed E-state index contributed by atoms with van der Waals surface area (Å²) in [5, 5.41) is 6.34. The molecule has 1 amide bonds. The molecule has 1 heterocycles. The fourth-order valence-corrected chi connectivity index (χ4v) is 2.80. The Morgan fingerprint density at radius 3 is 2.67 bits per heavy atom. The van der Waals surface area contributed by atoms with E-state index in [9.17, 15) is 4.79 Å². The summed E-state index contributed by atoms with van der Waals surface area (Å²) < 4.78 is 10.5. The molecule has 5 heteroatoms. The highest BCUT2D eigenvalue weighted by atomic mass is 16.5. The molecule has 1 aliphatic rings. The normalized spacial score (nSPS) is 21.7. The lowest BCUT2D eigenvalue weighted by molar-refractivity contribution is -0.126. The molecule has 1 saturated heterocycles. The number of anilines is 1. The first-order chi connectivity index (χ1) is 10.1. The van der Waals surface area contributed by atoms with Gasteiger partial charge in [0.2, 0.25) is 5.91 Å². The van der Waals surface area contributed by atoms with Crippen molar-refractivity contribution >= 4 is 11.6 Å². The molecule has 1 unspecified atom stereocenters. The number of amides is 1. The van der Waals surface area contributed by atoms with Gasteiger partial charge in [-0.15, -0.1) is 0 Å². The highest BCUT2D eigenvalue weighted by molar-refractivity contribution is 5.95. The molecule has 1 aliphatic heterocycles. The van der Waals surface area contributed by atoms with E-state index in [1.54, 1.807) is 26.4 Å². The quantitative estimate of drug-likeness (QED) is 0.875. The molecule has 1 aromatic carbocycles. The molecule has 0 bridgehead atoms. The van der Waals surface area contributed by atoms with Gasteiger partial charge in [-0.3, -0.25) is 4.79 Å². The first kappa shape index (κ1) is 15.6. The van der Waals surface area contributed by atoms with Crippen LogP contribution >= 0.6 is 0 Å². The molecular weight excluding hydrogens is 268 g/mol. The van der Waals surface area contributed by atoms with Crippen LogP contribution < -0.4 is 20.1 Å². The Balaban J connectivity index is 2.15. The van der Waals surface area contributed by atoms with Gasteiger partial charge in [-0.05, 0) is 37.9 Å². The number of carbonyl (C=O) groups excluding carboxylic acids is 1. The third-order valence-electron chi connectivity index (χ3n) is 4.27. The van der Waals surface area contributed by atoms with Crippen molar-refractivity contribution in [3.8, 4) is 11.5 Å². The summed E-state index contributed by atoms with van der Waals surface area (Å²) in [5.74, 6) is 1.34. The van der Waals surface area contributed by atoms with E-state index in [2.05, 4.69) is 17.6 Å². The Hall–Kier alpha value is -1.75. The minimum atomic E-state index is -0.314. The number of carbonyl (C=O) groups is 1. The van der Waals surface area contributed by atoms with Gasteiger partial charge in [-0.25, -0.2) is 0 Å². The zero-order chi connectivity index (χ0) is 15.3.